The highest BCUT2D eigenvalue weighted by atomic mass is 35.5. The molecule has 4 rings (SSSR count). The number of benzene rings is 3. The molecule has 0 unspecified atom stereocenters. The van der Waals surface area contributed by atoms with Gasteiger partial charge in [0.1, 0.15) is 4.33 Å². The molecule has 0 bridgehead atoms. The molecule has 182 valence electrons. The van der Waals surface area contributed by atoms with Crippen molar-refractivity contribution in [1.29, 1.82) is 0 Å². The summed E-state index contributed by atoms with van der Waals surface area (Å²) in [4.78, 5) is 25.6. The average Bonchev–Trinajstić information content (AvgIpc) is 3.37. The zero-order valence-corrected chi connectivity index (χ0v) is 21.3. The molecule has 2 amide bonds. The third kappa shape index (κ3) is 5.68. The molecule has 0 saturated heterocycles. The average molecular weight is 579 g/mol. The highest BCUT2D eigenvalue weighted by Crippen LogP contribution is 2.65. The fourth-order valence-corrected chi connectivity index (χ4v) is 5.32. The highest BCUT2D eigenvalue weighted by Gasteiger charge is 2.67. The zero-order chi connectivity index (χ0) is 25.5. The Labute approximate surface area is 224 Å². The van der Waals surface area contributed by atoms with Crippen LogP contribution in [0, 0.1) is 17.6 Å². The maximum atomic E-state index is 13.4. The fraction of sp³-hybridized carbons (Fsp3) is 0.167. The second-order valence-corrected chi connectivity index (χ2v) is 10.7. The molecule has 11 heteroatoms. The van der Waals surface area contributed by atoms with Crippen molar-refractivity contribution in [3.63, 3.8) is 0 Å². The lowest BCUT2D eigenvalue weighted by Crippen LogP contribution is -2.24. The van der Waals surface area contributed by atoms with Crippen LogP contribution in [0.1, 0.15) is 27.4 Å². The number of carbonyl (C=O) groups excluding carboxylic acids is 2. The second kappa shape index (κ2) is 10.1. The van der Waals surface area contributed by atoms with Crippen LogP contribution >= 0.6 is 58.0 Å². The SMILES string of the molecule is O=C(NCc1ccc(F)c(F)c1)c1cc(NC(=O)[C@@H]2[C@@H](c3cc(Cl)cc(Cl)c3)C2(Cl)Cl)ccc1Cl. The first kappa shape index (κ1) is 26.0. The summed E-state index contributed by atoms with van der Waals surface area (Å²) in [5, 5.41) is 6.18. The lowest BCUT2D eigenvalue weighted by atomic mass is 10.1. The van der Waals surface area contributed by atoms with Gasteiger partial charge in [-0.25, -0.2) is 8.78 Å². The van der Waals surface area contributed by atoms with Gasteiger partial charge in [0.05, 0.1) is 16.5 Å². The number of nitrogens with one attached hydrogen (secondary N) is 2. The summed E-state index contributed by atoms with van der Waals surface area (Å²) in [6, 6.07) is 12.5. The number of anilines is 1. The van der Waals surface area contributed by atoms with E-state index >= 15 is 0 Å². The van der Waals surface area contributed by atoms with E-state index < -0.39 is 39.6 Å². The van der Waals surface area contributed by atoms with Crippen LogP contribution in [0.4, 0.5) is 14.5 Å². The number of carbonyl (C=O) groups is 2. The number of amides is 2. The second-order valence-electron chi connectivity index (χ2n) is 7.95. The summed E-state index contributed by atoms with van der Waals surface area (Å²) in [5.41, 5.74) is 1.35. The van der Waals surface area contributed by atoms with Crippen LogP contribution in [0.25, 0.3) is 0 Å². The number of halogens is 7. The summed E-state index contributed by atoms with van der Waals surface area (Å²) < 4.78 is 25.1. The van der Waals surface area contributed by atoms with E-state index in [4.69, 9.17) is 58.0 Å². The molecule has 2 N–H and O–H groups in total. The topological polar surface area (TPSA) is 58.2 Å². The van der Waals surface area contributed by atoms with Crippen LogP contribution < -0.4 is 10.6 Å². The maximum absolute atomic E-state index is 13.4. The Balaban J connectivity index is 1.46. The van der Waals surface area contributed by atoms with Gasteiger partial charge in [-0.15, -0.1) is 23.2 Å². The van der Waals surface area contributed by atoms with Gasteiger partial charge in [0.2, 0.25) is 5.91 Å². The van der Waals surface area contributed by atoms with Crippen LogP contribution in [-0.2, 0) is 11.3 Å². The predicted octanol–water partition coefficient (Wildman–Crippen LogP) is 7.38. The van der Waals surface area contributed by atoms with Crippen molar-refractivity contribution in [2.24, 2.45) is 5.92 Å². The molecule has 1 aliphatic rings. The molecule has 35 heavy (non-hydrogen) atoms. The maximum Gasteiger partial charge on any atom is 0.253 e. The van der Waals surface area contributed by atoms with Gasteiger partial charge in [-0.3, -0.25) is 9.59 Å². The van der Waals surface area contributed by atoms with Gasteiger partial charge in [-0.05, 0) is 59.7 Å². The molecular weight excluding hydrogens is 564 g/mol. The summed E-state index contributed by atoms with van der Waals surface area (Å²) in [6.45, 7) is -0.0596. The summed E-state index contributed by atoms with van der Waals surface area (Å²) in [7, 11) is 0. The van der Waals surface area contributed by atoms with Crippen molar-refractivity contribution < 1.29 is 18.4 Å². The van der Waals surface area contributed by atoms with Crippen LogP contribution in [-0.4, -0.2) is 16.1 Å². The molecule has 0 heterocycles. The predicted molar refractivity (Wildman–Crippen MR) is 135 cm³/mol. The first-order valence-corrected chi connectivity index (χ1v) is 12.0. The minimum absolute atomic E-state index is 0.0596. The molecule has 3 aromatic rings. The van der Waals surface area contributed by atoms with E-state index in [1.165, 1.54) is 24.3 Å². The first-order chi connectivity index (χ1) is 16.5. The van der Waals surface area contributed by atoms with Crippen LogP contribution in [0.15, 0.2) is 54.6 Å². The fourth-order valence-electron chi connectivity index (χ4n) is 3.75. The summed E-state index contributed by atoms with van der Waals surface area (Å²) >= 11 is 31.0. The number of hydrogen-bond donors (Lipinski definition) is 2. The van der Waals surface area contributed by atoms with Gasteiger partial charge in [-0.1, -0.05) is 40.9 Å². The van der Waals surface area contributed by atoms with E-state index in [9.17, 15) is 18.4 Å². The molecule has 0 aliphatic heterocycles. The van der Waals surface area contributed by atoms with E-state index in [0.717, 1.165) is 12.1 Å². The van der Waals surface area contributed by atoms with E-state index in [1.54, 1.807) is 18.2 Å². The minimum Gasteiger partial charge on any atom is -0.348 e. The van der Waals surface area contributed by atoms with Gasteiger partial charge in [-0.2, -0.15) is 0 Å². The van der Waals surface area contributed by atoms with Gasteiger partial charge < -0.3 is 10.6 Å². The Bertz CT molecular complexity index is 1320. The summed E-state index contributed by atoms with van der Waals surface area (Å²) in [5.74, 6) is -4.37. The number of hydrogen-bond acceptors (Lipinski definition) is 2. The molecule has 4 nitrogen and oxygen atoms in total. The highest BCUT2D eigenvalue weighted by molar-refractivity contribution is 6.53. The van der Waals surface area contributed by atoms with E-state index in [2.05, 4.69) is 10.6 Å². The van der Waals surface area contributed by atoms with Crippen molar-refractivity contribution in [1.82, 2.24) is 5.32 Å². The molecule has 1 saturated carbocycles. The van der Waals surface area contributed by atoms with Crippen molar-refractivity contribution in [2.45, 2.75) is 16.8 Å². The van der Waals surface area contributed by atoms with Gasteiger partial charge in [0, 0.05) is 28.2 Å². The minimum atomic E-state index is -1.37. The van der Waals surface area contributed by atoms with Crippen LogP contribution in [0.3, 0.4) is 0 Å². The molecule has 0 radical (unpaired) electrons. The Morgan fingerprint density at radius 2 is 1.57 bits per heavy atom. The Kier molecular flexibility index (Phi) is 7.51. The Morgan fingerprint density at radius 1 is 0.886 bits per heavy atom. The molecule has 0 aromatic heterocycles. The smallest absolute Gasteiger partial charge is 0.253 e. The van der Waals surface area contributed by atoms with Crippen LogP contribution in [0.2, 0.25) is 15.1 Å². The number of alkyl halides is 2. The normalized spacial score (nSPS) is 18.1. The Hall–Kier alpha value is -2.09. The lowest BCUT2D eigenvalue weighted by Gasteiger charge is -2.10. The largest absolute Gasteiger partial charge is 0.348 e. The van der Waals surface area contributed by atoms with Gasteiger partial charge in [0.15, 0.2) is 11.6 Å². The van der Waals surface area contributed by atoms with Gasteiger partial charge >= 0.3 is 0 Å². The quantitative estimate of drug-likeness (QED) is 0.300. The number of rotatable bonds is 6. The van der Waals surface area contributed by atoms with Crippen LogP contribution in [0.5, 0.6) is 0 Å². The zero-order valence-electron chi connectivity index (χ0n) is 17.5. The molecular formula is C24H15Cl5F2N2O2. The Morgan fingerprint density at radius 3 is 2.23 bits per heavy atom. The molecule has 1 fully saturated rings. The summed E-state index contributed by atoms with van der Waals surface area (Å²) in [6.07, 6.45) is 0. The molecule has 3 aromatic carbocycles. The molecule has 2 atom stereocenters. The van der Waals surface area contributed by atoms with Crippen molar-refractivity contribution in [3.8, 4) is 0 Å². The third-order valence-corrected chi connectivity index (χ3v) is 7.20. The van der Waals surface area contributed by atoms with E-state index in [0.29, 0.717) is 21.2 Å². The lowest BCUT2D eigenvalue weighted by molar-refractivity contribution is -0.117. The molecule has 1 aliphatic carbocycles. The van der Waals surface area contributed by atoms with E-state index in [1.807, 2.05) is 0 Å². The van der Waals surface area contributed by atoms with Crippen molar-refractivity contribution in [2.75, 3.05) is 5.32 Å². The van der Waals surface area contributed by atoms with Crippen molar-refractivity contribution in [3.05, 3.63) is 98.0 Å². The molecule has 0 spiro atoms. The first-order valence-electron chi connectivity index (χ1n) is 10.1. The third-order valence-electron chi connectivity index (χ3n) is 5.50. The van der Waals surface area contributed by atoms with Crippen molar-refractivity contribution >= 4 is 75.5 Å². The standard InChI is InChI=1S/C24H15Cl5F2N2O2/c25-13-6-12(7-14(26)8-13)20-21(24(20,28)29)23(35)33-15-2-3-17(27)16(9-15)22(34)32-10-11-1-4-18(30)19(31)5-11/h1-9,20-21H,10H2,(H,32,34)(H,33,35)/t20-,21+/m1/s1. The van der Waals surface area contributed by atoms with E-state index in [-0.39, 0.29) is 22.8 Å². The monoisotopic (exact) mass is 576 g/mol. The van der Waals surface area contributed by atoms with Gasteiger partial charge in [0.25, 0.3) is 5.91 Å².